The molecule has 1 saturated carbocycles. The second kappa shape index (κ2) is 3.61. The van der Waals surface area contributed by atoms with E-state index in [1.165, 1.54) is 19.0 Å². The highest BCUT2D eigenvalue weighted by molar-refractivity contribution is 5.00. The molecule has 1 heterocycles. The van der Waals surface area contributed by atoms with Gasteiger partial charge in [-0.2, -0.15) is 0 Å². The molecule has 0 aromatic carbocycles. The minimum absolute atomic E-state index is 0.167. The zero-order valence-electron chi connectivity index (χ0n) is 7.61. The van der Waals surface area contributed by atoms with Crippen molar-refractivity contribution in [2.45, 2.75) is 31.9 Å². The predicted octanol–water partition coefficient (Wildman–Crippen LogP) is 0.953. The lowest BCUT2D eigenvalue weighted by Gasteiger charge is -2.04. The summed E-state index contributed by atoms with van der Waals surface area (Å²) in [6.45, 7) is 0.767. The number of hydrogen-bond acceptors (Lipinski definition) is 3. The van der Waals surface area contributed by atoms with Crippen LogP contribution in [0.3, 0.4) is 0 Å². The smallest absolute Gasteiger partial charge is 0.259 e. The summed E-state index contributed by atoms with van der Waals surface area (Å²) in [4.78, 5) is 0. The predicted molar refractivity (Wildman–Crippen MR) is 45.7 cm³/mol. The van der Waals surface area contributed by atoms with Crippen molar-refractivity contribution in [2.24, 2.45) is 11.7 Å². The van der Waals surface area contributed by atoms with Gasteiger partial charge in [0, 0.05) is 6.54 Å². The second-order valence-corrected chi connectivity index (χ2v) is 3.67. The number of aromatic nitrogens is 3. The summed E-state index contributed by atoms with van der Waals surface area (Å²) in [5, 5.41) is 7.38. The van der Waals surface area contributed by atoms with Crippen LogP contribution in [0.15, 0.2) is 6.20 Å². The molecule has 1 atom stereocenters. The normalized spacial score (nSPS) is 18.9. The zero-order chi connectivity index (χ0) is 10.1. The quantitative estimate of drug-likeness (QED) is 0.790. The molecule has 0 radical (unpaired) electrons. The molecule has 4 nitrogen and oxygen atoms in total. The van der Waals surface area contributed by atoms with Crippen molar-refractivity contribution in [2.75, 3.05) is 0 Å². The van der Waals surface area contributed by atoms with Gasteiger partial charge in [-0.05, 0) is 18.8 Å². The van der Waals surface area contributed by atoms with Gasteiger partial charge in [-0.25, -0.2) is 8.78 Å². The summed E-state index contributed by atoms with van der Waals surface area (Å²) in [5.74, 6) is 0.646. The molecule has 1 unspecified atom stereocenters. The van der Waals surface area contributed by atoms with E-state index in [9.17, 15) is 8.78 Å². The Hall–Kier alpha value is -1.04. The lowest BCUT2D eigenvalue weighted by atomic mass is 10.2. The fraction of sp³-hybridized carbons (Fsp3) is 0.750. The Labute approximate surface area is 80.1 Å². The topological polar surface area (TPSA) is 56.7 Å². The number of hydrogen-bond donors (Lipinski definition) is 1. The number of alkyl halides is 2. The fourth-order valence-corrected chi connectivity index (χ4v) is 1.25. The summed E-state index contributed by atoms with van der Waals surface area (Å²) in [6.07, 6.45) is 1.31. The lowest BCUT2D eigenvalue weighted by molar-refractivity contribution is 0.114. The number of nitrogens with two attached hydrogens (primary N) is 1. The van der Waals surface area contributed by atoms with E-state index >= 15 is 0 Å². The summed E-state index contributed by atoms with van der Waals surface area (Å²) in [7, 11) is 0. The van der Waals surface area contributed by atoms with Crippen LogP contribution in [0.5, 0.6) is 0 Å². The van der Waals surface area contributed by atoms with E-state index in [-0.39, 0.29) is 5.69 Å². The zero-order valence-corrected chi connectivity index (χ0v) is 7.61. The monoisotopic (exact) mass is 202 g/mol. The highest BCUT2D eigenvalue weighted by atomic mass is 19.3. The van der Waals surface area contributed by atoms with Gasteiger partial charge in [0.2, 0.25) is 0 Å². The molecule has 6 heteroatoms. The van der Waals surface area contributed by atoms with Crippen molar-refractivity contribution in [3.8, 4) is 0 Å². The maximum absolute atomic E-state index is 12.2. The first kappa shape index (κ1) is 9.51. The molecular formula is C8H12F2N4. The number of nitrogens with zero attached hydrogens (tertiary/aromatic N) is 3. The van der Waals surface area contributed by atoms with Crippen molar-refractivity contribution in [1.29, 1.82) is 0 Å². The van der Waals surface area contributed by atoms with E-state index in [4.69, 9.17) is 5.73 Å². The minimum atomic E-state index is -2.58. The van der Waals surface area contributed by atoms with E-state index in [1.54, 1.807) is 4.68 Å². The van der Waals surface area contributed by atoms with Crippen LogP contribution in [-0.2, 0) is 6.54 Å². The van der Waals surface area contributed by atoms with Gasteiger partial charge in [-0.15, -0.1) is 5.10 Å². The molecular weight excluding hydrogens is 190 g/mol. The van der Waals surface area contributed by atoms with E-state index < -0.39 is 12.5 Å². The molecule has 14 heavy (non-hydrogen) atoms. The van der Waals surface area contributed by atoms with E-state index in [1.807, 2.05) is 0 Å². The van der Waals surface area contributed by atoms with Gasteiger partial charge >= 0.3 is 0 Å². The summed E-state index contributed by atoms with van der Waals surface area (Å²) < 4.78 is 26.0. The van der Waals surface area contributed by atoms with Crippen molar-refractivity contribution in [3.05, 3.63) is 11.9 Å². The number of rotatable bonds is 4. The fourth-order valence-electron chi connectivity index (χ4n) is 1.25. The lowest BCUT2D eigenvalue weighted by Crippen LogP contribution is -2.19. The third-order valence-corrected chi connectivity index (χ3v) is 2.31. The van der Waals surface area contributed by atoms with Gasteiger partial charge < -0.3 is 5.73 Å². The average Bonchev–Trinajstić information content (AvgIpc) is 2.81. The van der Waals surface area contributed by atoms with E-state index in [2.05, 4.69) is 10.3 Å². The largest absolute Gasteiger partial charge is 0.318 e. The SMILES string of the molecule is NC(c1cn(CC2CC2)nn1)C(F)F. The Morgan fingerprint density at radius 2 is 2.29 bits per heavy atom. The Kier molecular flexibility index (Phi) is 2.45. The molecule has 2 N–H and O–H groups in total. The Morgan fingerprint density at radius 1 is 1.57 bits per heavy atom. The highest BCUT2D eigenvalue weighted by Crippen LogP contribution is 2.30. The van der Waals surface area contributed by atoms with Crippen molar-refractivity contribution in [1.82, 2.24) is 15.0 Å². The van der Waals surface area contributed by atoms with E-state index in [0.717, 1.165) is 6.54 Å². The first-order chi connectivity index (χ1) is 6.66. The third-order valence-electron chi connectivity index (χ3n) is 2.31. The molecule has 1 aromatic rings. The second-order valence-electron chi connectivity index (χ2n) is 3.67. The molecule has 2 rings (SSSR count). The Morgan fingerprint density at radius 3 is 2.86 bits per heavy atom. The van der Waals surface area contributed by atoms with Gasteiger partial charge in [-0.3, -0.25) is 4.68 Å². The molecule has 78 valence electrons. The molecule has 0 saturated heterocycles. The molecule has 1 fully saturated rings. The maximum Gasteiger partial charge on any atom is 0.259 e. The van der Waals surface area contributed by atoms with Crippen LogP contribution < -0.4 is 5.73 Å². The minimum Gasteiger partial charge on any atom is -0.318 e. The van der Waals surface area contributed by atoms with Crippen LogP contribution in [-0.4, -0.2) is 21.4 Å². The Bertz CT molecular complexity index is 308. The summed E-state index contributed by atoms with van der Waals surface area (Å²) in [6, 6.07) is -1.32. The first-order valence-corrected chi connectivity index (χ1v) is 4.60. The van der Waals surface area contributed by atoms with Crippen molar-refractivity contribution in [3.63, 3.8) is 0 Å². The average molecular weight is 202 g/mol. The molecule has 1 aliphatic carbocycles. The standard InChI is InChI=1S/C8H12F2N4/c9-8(10)7(11)6-4-14(13-12-6)3-5-1-2-5/h4-5,7-8H,1-3,11H2. The van der Waals surface area contributed by atoms with Gasteiger partial charge in [0.05, 0.1) is 6.20 Å². The summed E-state index contributed by atoms with van der Waals surface area (Å²) >= 11 is 0. The maximum atomic E-state index is 12.2. The van der Waals surface area contributed by atoms with Crippen molar-refractivity contribution >= 4 is 0 Å². The van der Waals surface area contributed by atoms with E-state index in [0.29, 0.717) is 5.92 Å². The number of halogens is 2. The van der Waals surface area contributed by atoms with Crippen LogP contribution in [0, 0.1) is 5.92 Å². The van der Waals surface area contributed by atoms with Crippen LogP contribution in [0.25, 0.3) is 0 Å². The molecule has 1 aliphatic rings. The Balaban J connectivity index is 2.00. The van der Waals surface area contributed by atoms with Crippen LogP contribution in [0.4, 0.5) is 8.78 Å². The van der Waals surface area contributed by atoms with Gasteiger partial charge in [0.25, 0.3) is 6.43 Å². The highest BCUT2D eigenvalue weighted by Gasteiger charge is 2.24. The van der Waals surface area contributed by atoms with Crippen LogP contribution in [0.1, 0.15) is 24.6 Å². The molecule has 1 aromatic heterocycles. The first-order valence-electron chi connectivity index (χ1n) is 4.60. The molecule has 0 spiro atoms. The van der Waals surface area contributed by atoms with Crippen molar-refractivity contribution < 1.29 is 8.78 Å². The third kappa shape index (κ3) is 2.06. The van der Waals surface area contributed by atoms with Gasteiger partial charge in [-0.1, -0.05) is 5.21 Å². The van der Waals surface area contributed by atoms with Crippen LogP contribution in [0.2, 0.25) is 0 Å². The summed E-state index contributed by atoms with van der Waals surface area (Å²) in [5.41, 5.74) is 5.40. The van der Waals surface area contributed by atoms with Gasteiger partial charge in [0.15, 0.2) is 0 Å². The molecule has 0 amide bonds. The van der Waals surface area contributed by atoms with Gasteiger partial charge in [0.1, 0.15) is 11.7 Å². The molecule has 0 bridgehead atoms. The molecule has 0 aliphatic heterocycles. The van der Waals surface area contributed by atoms with Crippen LogP contribution >= 0.6 is 0 Å².